The molecule has 1 unspecified atom stereocenters. The summed E-state index contributed by atoms with van der Waals surface area (Å²) < 4.78 is 5.55. The van der Waals surface area contributed by atoms with Crippen LogP contribution in [0.1, 0.15) is 28.1 Å². The number of nitrogens with one attached hydrogen (secondary N) is 1. The molecule has 1 aromatic carbocycles. The number of rotatable bonds is 6. The molecule has 1 N–H and O–H groups in total. The molecule has 1 aromatic heterocycles. The van der Waals surface area contributed by atoms with E-state index in [0.717, 1.165) is 35.7 Å². The normalized spacial score (nSPS) is 17.5. The molecule has 1 fully saturated rings. The third-order valence-corrected chi connectivity index (χ3v) is 5.78. The zero-order valence-corrected chi connectivity index (χ0v) is 13.9. The molecular formula is C17H19NO2S2. The van der Waals surface area contributed by atoms with Crippen molar-refractivity contribution in [2.24, 2.45) is 0 Å². The predicted octanol–water partition coefficient (Wildman–Crippen LogP) is 3.95. The smallest absolute Gasteiger partial charge is 0.252 e. The van der Waals surface area contributed by atoms with E-state index in [9.17, 15) is 4.79 Å². The molecule has 2 aromatic rings. The van der Waals surface area contributed by atoms with Crippen LogP contribution in [0, 0.1) is 0 Å². The maximum Gasteiger partial charge on any atom is 0.252 e. The zero-order chi connectivity index (χ0) is 15.2. The Kier molecular flexibility index (Phi) is 5.53. The fraction of sp³-hybridized carbons (Fsp3) is 0.353. The van der Waals surface area contributed by atoms with E-state index in [-0.39, 0.29) is 12.0 Å². The lowest BCUT2D eigenvalue weighted by atomic mass is 10.2. The largest absolute Gasteiger partial charge is 0.376 e. The fourth-order valence-electron chi connectivity index (χ4n) is 2.43. The molecule has 1 amide bonds. The Morgan fingerprint density at radius 3 is 3.00 bits per heavy atom. The summed E-state index contributed by atoms with van der Waals surface area (Å²) in [5, 5.41) is 5.08. The summed E-state index contributed by atoms with van der Waals surface area (Å²) in [7, 11) is 0. The van der Waals surface area contributed by atoms with Crippen molar-refractivity contribution in [1.82, 2.24) is 5.32 Å². The molecule has 0 aliphatic carbocycles. The van der Waals surface area contributed by atoms with Crippen LogP contribution >= 0.6 is 23.1 Å². The number of ether oxygens (including phenoxy) is 1. The van der Waals surface area contributed by atoms with E-state index >= 15 is 0 Å². The number of carbonyl (C=O) groups excluding carboxylic acids is 1. The van der Waals surface area contributed by atoms with Gasteiger partial charge in [-0.05, 0) is 36.4 Å². The standard InChI is InChI=1S/C17H19NO2S2/c19-17(18-11-13-5-3-9-20-13)15-7-1-2-8-16(15)22-12-14-6-4-10-21-14/h1-2,4,6-8,10,13H,3,5,9,11-12H2,(H,18,19). The minimum atomic E-state index is -0.00946. The molecule has 5 heteroatoms. The van der Waals surface area contributed by atoms with Crippen molar-refractivity contribution in [3.63, 3.8) is 0 Å². The number of thioether (sulfide) groups is 1. The van der Waals surface area contributed by atoms with Crippen LogP contribution in [0.2, 0.25) is 0 Å². The summed E-state index contributed by atoms with van der Waals surface area (Å²) in [6.45, 7) is 1.41. The van der Waals surface area contributed by atoms with Crippen LogP contribution in [-0.2, 0) is 10.5 Å². The predicted molar refractivity (Wildman–Crippen MR) is 91.6 cm³/mol. The van der Waals surface area contributed by atoms with Crippen LogP contribution in [-0.4, -0.2) is 25.2 Å². The van der Waals surface area contributed by atoms with E-state index in [4.69, 9.17) is 4.74 Å². The second-order valence-electron chi connectivity index (χ2n) is 5.21. The quantitative estimate of drug-likeness (QED) is 0.814. The van der Waals surface area contributed by atoms with Crippen LogP contribution in [0.15, 0.2) is 46.7 Å². The highest BCUT2D eigenvalue weighted by Gasteiger charge is 2.18. The van der Waals surface area contributed by atoms with Gasteiger partial charge in [-0.3, -0.25) is 4.79 Å². The van der Waals surface area contributed by atoms with E-state index in [0.29, 0.717) is 6.54 Å². The van der Waals surface area contributed by atoms with Crippen molar-refractivity contribution in [2.75, 3.05) is 13.2 Å². The highest BCUT2D eigenvalue weighted by atomic mass is 32.2. The molecule has 2 heterocycles. The Morgan fingerprint density at radius 1 is 1.32 bits per heavy atom. The molecule has 1 aliphatic heterocycles. The molecule has 1 atom stereocenters. The van der Waals surface area contributed by atoms with Crippen molar-refractivity contribution in [3.8, 4) is 0 Å². The molecule has 1 saturated heterocycles. The average Bonchev–Trinajstić information content (AvgIpc) is 3.24. The Labute approximate surface area is 139 Å². The second kappa shape index (κ2) is 7.81. The zero-order valence-electron chi connectivity index (χ0n) is 12.3. The van der Waals surface area contributed by atoms with Gasteiger partial charge in [-0.15, -0.1) is 23.1 Å². The van der Waals surface area contributed by atoms with Gasteiger partial charge in [0.2, 0.25) is 0 Å². The van der Waals surface area contributed by atoms with Crippen LogP contribution in [0.25, 0.3) is 0 Å². The molecule has 1 aliphatic rings. The molecule has 22 heavy (non-hydrogen) atoms. The number of hydrogen-bond acceptors (Lipinski definition) is 4. The minimum Gasteiger partial charge on any atom is -0.376 e. The van der Waals surface area contributed by atoms with Crippen LogP contribution in [0.4, 0.5) is 0 Å². The number of carbonyl (C=O) groups is 1. The Hall–Kier alpha value is -1.30. The first kappa shape index (κ1) is 15.6. The second-order valence-corrected chi connectivity index (χ2v) is 7.26. The van der Waals surface area contributed by atoms with Crippen molar-refractivity contribution in [1.29, 1.82) is 0 Å². The summed E-state index contributed by atoms with van der Waals surface area (Å²) in [6.07, 6.45) is 2.30. The van der Waals surface area contributed by atoms with Gasteiger partial charge in [0, 0.05) is 28.7 Å². The molecule has 3 rings (SSSR count). The van der Waals surface area contributed by atoms with Gasteiger partial charge in [-0.1, -0.05) is 18.2 Å². The van der Waals surface area contributed by atoms with E-state index in [1.807, 2.05) is 24.3 Å². The van der Waals surface area contributed by atoms with E-state index in [1.54, 1.807) is 23.1 Å². The first-order chi connectivity index (χ1) is 10.8. The molecule has 116 valence electrons. The van der Waals surface area contributed by atoms with Gasteiger partial charge in [-0.2, -0.15) is 0 Å². The topological polar surface area (TPSA) is 38.3 Å². The summed E-state index contributed by atoms with van der Waals surface area (Å²) in [5.41, 5.74) is 0.752. The first-order valence-electron chi connectivity index (χ1n) is 7.47. The highest BCUT2D eigenvalue weighted by Crippen LogP contribution is 2.28. The van der Waals surface area contributed by atoms with E-state index < -0.39 is 0 Å². The van der Waals surface area contributed by atoms with Crippen LogP contribution in [0.3, 0.4) is 0 Å². The van der Waals surface area contributed by atoms with Gasteiger partial charge in [0.1, 0.15) is 0 Å². The number of benzene rings is 1. The molecular weight excluding hydrogens is 314 g/mol. The molecule has 0 radical (unpaired) electrons. The SMILES string of the molecule is O=C(NCC1CCCO1)c1ccccc1SCc1cccs1. The van der Waals surface area contributed by atoms with Gasteiger partial charge in [0.15, 0.2) is 0 Å². The number of thiophene rings is 1. The third kappa shape index (κ3) is 4.12. The lowest BCUT2D eigenvalue weighted by Gasteiger charge is -2.12. The Bertz CT molecular complexity index is 607. The number of hydrogen-bond donors (Lipinski definition) is 1. The van der Waals surface area contributed by atoms with Gasteiger partial charge in [-0.25, -0.2) is 0 Å². The molecule has 0 bridgehead atoms. The van der Waals surface area contributed by atoms with Gasteiger partial charge in [0.05, 0.1) is 11.7 Å². The lowest BCUT2D eigenvalue weighted by molar-refractivity contribution is 0.0855. The maximum absolute atomic E-state index is 12.4. The summed E-state index contributed by atoms with van der Waals surface area (Å²) >= 11 is 3.46. The summed E-state index contributed by atoms with van der Waals surface area (Å²) in [6, 6.07) is 12.0. The van der Waals surface area contributed by atoms with Gasteiger partial charge < -0.3 is 10.1 Å². The van der Waals surface area contributed by atoms with Gasteiger partial charge in [0.25, 0.3) is 5.91 Å². The van der Waals surface area contributed by atoms with Crippen molar-refractivity contribution in [2.45, 2.75) is 29.6 Å². The minimum absolute atomic E-state index is 0.00946. The third-order valence-electron chi connectivity index (χ3n) is 3.60. The van der Waals surface area contributed by atoms with E-state index in [2.05, 4.69) is 22.8 Å². The number of amides is 1. The summed E-state index contributed by atoms with van der Waals surface area (Å²) in [5.74, 6) is 0.887. The van der Waals surface area contributed by atoms with Crippen LogP contribution < -0.4 is 5.32 Å². The van der Waals surface area contributed by atoms with Crippen molar-refractivity contribution >= 4 is 29.0 Å². The van der Waals surface area contributed by atoms with Crippen molar-refractivity contribution < 1.29 is 9.53 Å². The molecule has 0 spiro atoms. The Morgan fingerprint density at radius 2 is 2.23 bits per heavy atom. The highest BCUT2D eigenvalue weighted by molar-refractivity contribution is 7.98. The first-order valence-corrected chi connectivity index (χ1v) is 9.33. The summed E-state index contributed by atoms with van der Waals surface area (Å²) in [4.78, 5) is 14.8. The lowest BCUT2D eigenvalue weighted by Crippen LogP contribution is -2.32. The van der Waals surface area contributed by atoms with Crippen molar-refractivity contribution in [3.05, 3.63) is 52.2 Å². The van der Waals surface area contributed by atoms with Crippen LogP contribution in [0.5, 0.6) is 0 Å². The van der Waals surface area contributed by atoms with Gasteiger partial charge >= 0.3 is 0 Å². The van der Waals surface area contributed by atoms with E-state index in [1.165, 1.54) is 4.88 Å². The average molecular weight is 333 g/mol. The molecule has 3 nitrogen and oxygen atoms in total. The monoisotopic (exact) mass is 333 g/mol. The molecule has 0 saturated carbocycles. The fourth-order valence-corrected chi connectivity index (χ4v) is 4.25. The Balaban J connectivity index is 1.60. The maximum atomic E-state index is 12.4.